The second-order valence-electron chi connectivity index (χ2n) is 7.00. The smallest absolute Gasteiger partial charge is 0.191 e. The van der Waals surface area contributed by atoms with Crippen LogP contribution in [0, 0.1) is 0 Å². The van der Waals surface area contributed by atoms with E-state index in [1.807, 2.05) is 12.1 Å². The number of piperidine rings is 1. The van der Waals surface area contributed by atoms with Crippen molar-refractivity contribution in [3.05, 3.63) is 29.8 Å². The van der Waals surface area contributed by atoms with E-state index < -0.39 is 9.84 Å². The van der Waals surface area contributed by atoms with Crippen LogP contribution in [-0.2, 0) is 9.84 Å². The fraction of sp³-hybridized carbons (Fsp3) is 0.650. The highest BCUT2D eigenvalue weighted by molar-refractivity contribution is 14.0. The Bertz CT molecular complexity index is 720. The topological polar surface area (TPSA) is 83.0 Å². The van der Waals surface area contributed by atoms with E-state index >= 15 is 0 Å². The van der Waals surface area contributed by atoms with E-state index in [-0.39, 0.29) is 41.5 Å². The van der Waals surface area contributed by atoms with Crippen LogP contribution in [0.4, 0.5) is 0 Å². The quantitative estimate of drug-likeness (QED) is 0.286. The third kappa shape index (κ3) is 8.67. The summed E-state index contributed by atoms with van der Waals surface area (Å²) in [5.74, 6) is 1.75. The van der Waals surface area contributed by atoms with Gasteiger partial charge in [-0.3, -0.25) is 9.89 Å². The molecule has 2 rings (SSSR count). The van der Waals surface area contributed by atoms with E-state index in [1.54, 1.807) is 21.1 Å². The van der Waals surface area contributed by atoms with Crippen LogP contribution in [0.15, 0.2) is 29.3 Å². The van der Waals surface area contributed by atoms with Crippen molar-refractivity contribution in [2.75, 3.05) is 51.8 Å². The summed E-state index contributed by atoms with van der Waals surface area (Å²) in [6.45, 7) is 4.89. The molecule has 166 valence electrons. The SMILES string of the molecule is CCS(=O)(=O)CCNC(=NC)NCC(c1ccc(OC)cc1)N1CCCCC1.I. The molecule has 1 aromatic carbocycles. The summed E-state index contributed by atoms with van der Waals surface area (Å²) in [5.41, 5.74) is 1.24. The van der Waals surface area contributed by atoms with Gasteiger partial charge < -0.3 is 15.4 Å². The molecule has 0 bridgehead atoms. The third-order valence-electron chi connectivity index (χ3n) is 5.16. The number of aliphatic imine (C=N–C) groups is 1. The molecule has 1 atom stereocenters. The molecule has 0 amide bonds. The first-order valence-electron chi connectivity index (χ1n) is 10.0. The number of halogens is 1. The van der Waals surface area contributed by atoms with E-state index in [2.05, 4.69) is 32.7 Å². The average molecular weight is 538 g/mol. The minimum Gasteiger partial charge on any atom is -0.497 e. The van der Waals surface area contributed by atoms with Crippen LogP contribution in [0.1, 0.15) is 37.8 Å². The monoisotopic (exact) mass is 538 g/mol. The maximum Gasteiger partial charge on any atom is 0.191 e. The fourth-order valence-electron chi connectivity index (χ4n) is 3.40. The molecule has 1 fully saturated rings. The Morgan fingerprint density at radius 3 is 2.38 bits per heavy atom. The summed E-state index contributed by atoms with van der Waals surface area (Å²) in [6.07, 6.45) is 3.72. The van der Waals surface area contributed by atoms with Crippen LogP contribution in [0.25, 0.3) is 0 Å². The summed E-state index contributed by atoms with van der Waals surface area (Å²) < 4.78 is 28.6. The minimum atomic E-state index is -2.99. The van der Waals surface area contributed by atoms with E-state index in [1.165, 1.54) is 24.8 Å². The fourth-order valence-corrected chi connectivity index (χ4v) is 4.10. The Morgan fingerprint density at radius 1 is 1.17 bits per heavy atom. The number of hydrogen-bond acceptors (Lipinski definition) is 5. The van der Waals surface area contributed by atoms with Crippen molar-refractivity contribution >= 4 is 39.8 Å². The molecule has 1 unspecified atom stereocenters. The molecule has 0 aliphatic carbocycles. The third-order valence-corrected chi connectivity index (χ3v) is 6.87. The molecule has 0 spiro atoms. The van der Waals surface area contributed by atoms with Crippen LogP contribution in [0.2, 0.25) is 0 Å². The van der Waals surface area contributed by atoms with Gasteiger partial charge in [0, 0.05) is 25.9 Å². The van der Waals surface area contributed by atoms with Gasteiger partial charge in [0.05, 0.1) is 18.9 Å². The van der Waals surface area contributed by atoms with Crippen molar-refractivity contribution in [2.24, 2.45) is 4.99 Å². The molecule has 1 aromatic rings. The van der Waals surface area contributed by atoms with Gasteiger partial charge in [0.15, 0.2) is 15.8 Å². The Kier molecular flexibility index (Phi) is 11.9. The van der Waals surface area contributed by atoms with Crippen LogP contribution in [-0.4, -0.2) is 71.1 Å². The standard InChI is InChI=1S/C20H34N4O3S.HI/c1-4-28(25,26)15-12-22-20(21-2)23-16-19(24-13-6-5-7-14-24)17-8-10-18(27-3)11-9-17;/h8-11,19H,4-7,12-16H2,1-3H3,(H2,21,22,23);1H. The van der Waals surface area contributed by atoms with Gasteiger partial charge in [0.1, 0.15) is 5.75 Å². The maximum absolute atomic E-state index is 11.7. The lowest BCUT2D eigenvalue weighted by molar-refractivity contribution is 0.164. The zero-order chi connectivity index (χ0) is 20.4. The van der Waals surface area contributed by atoms with Gasteiger partial charge >= 0.3 is 0 Å². The van der Waals surface area contributed by atoms with Crippen LogP contribution in [0.5, 0.6) is 5.75 Å². The normalized spacial score (nSPS) is 16.6. The van der Waals surface area contributed by atoms with Crippen molar-refractivity contribution in [1.29, 1.82) is 0 Å². The molecular weight excluding hydrogens is 503 g/mol. The molecule has 9 heteroatoms. The molecule has 1 aliphatic heterocycles. The Balaban J connectivity index is 0.00000420. The number of guanidine groups is 1. The number of ether oxygens (including phenoxy) is 1. The second kappa shape index (κ2) is 13.3. The van der Waals surface area contributed by atoms with Crippen molar-refractivity contribution in [3.63, 3.8) is 0 Å². The Hall–Kier alpha value is -1.07. The average Bonchev–Trinajstić information content (AvgIpc) is 2.73. The van der Waals surface area contributed by atoms with Crippen molar-refractivity contribution in [2.45, 2.75) is 32.2 Å². The number of hydrogen-bond donors (Lipinski definition) is 2. The molecule has 2 N–H and O–H groups in total. The van der Waals surface area contributed by atoms with Gasteiger partial charge in [0.2, 0.25) is 0 Å². The van der Waals surface area contributed by atoms with Gasteiger partial charge in [0.25, 0.3) is 0 Å². The lowest BCUT2D eigenvalue weighted by Crippen LogP contribution is -2.45. The zero-order valence-corrected chi connectivity index (χ0v) is 20.8. The van der Waals surface area contributed by atoms with E-state index in [0.717, 1.165) is 18.8 Å². The highest BCUT2D eigenvalue weighted by Gasteiger charge is 2.22. The first kappa shape index (κ1) is 26.0. The zero-order valence-electron chi connectivity index (χ0n) is 17.7. The molecule has 1 aliphatic rings. The summed E-state index contributed by atoms with van der Waals surface area (Å²) in [5, 5.41) is 6.48. The number of likely N-dealkylation sites (tertiary alicyclic amines) is 1. The largest absolute Gasteiger partial charge is 0.497 e. The predicted octanol–water partition coefficient (Wildman–Crippen LogP) is 2.44. The maximum atomic E-state index is 11.7. The molecule has 0 aromatic heterocycles. The van der Waals surface area contributed by atoms with E-state index in [9.17, 15) is 8.42 Å². The summed E-state index contributed by atoms with van der Waals surface area (Å²) in [7, 11) is 0.388. The number of nitrogens with one attached hydrogen (secondary N) is 2. The van der Waals surface area contributed by atoms with Crippen LogP contribution >= 0.6 is 24.0 Å². The summed E-state index contributed by atoms with van der Waals surface area (Å²) in [6, 6.07) is 8.45. The van der Waals surface area contributed by atoms with E-state index in [0.29, 0.717) is 19.0 Å². The van der Waals surface area contributed by atoms with Crippen LogP contribution in [0.3, 0.4) is 0 Å². The number of nitrogens with zero attached hydrogens (tertiary/aromatic N) is 2. The van der Waals surface area contributed by atoms with Crippen molar-refractivity contribution in [3.8, 4) is 5.75 Å². The lowest BCUT2D eigenvalue weighted by atomic mass is 10.0. The van der Waals surface area contributed by atoms with Gasteiger partial charge in [-0.15, -0.1) is 24.0 Å². The second-order valence-corrected chi connectivity index (χ2v) is 9.47. The number of benzene rings is 1. The van der Waals surface area contributed by atoms with E-state index in [4.69, 9.17) is 4.74 Å². The minimum absolute atomic E-state index is 0. The first-order valence-corrected chi connectivity index (χ1v) is 11.8. The number of rotatable bonds is 9. The molecule has 7 nitrogen and oxygen atoms in total. The van der Waals surface area contributed by atoms with Gasteiger partial charge in [-0.1, -0.05) is 25.5 Å². The predicted molar refractivity (Wildman–Crippen MR) is 130 cm³/mol. The van der Waals surface area contributed by atoms with Crippen LogP contribution < -0.4 is 15.4 Å². The highest BCUT2D eigenvalue weighted by atomic mass is 127. The Morgan fingerprint density at radius 2 is 1.83 bits per heavy atom. The van der Waals surface area contributed by atoms with Gasteiger partial charge in [-0.25, -0.2) is 8.42 Å². The molecule has 29 heavy (non-hydrogen) atoms. The number of sulfone groups is 1. The van der Waals surface area contributed by atoms with Crippen molar-refractivity contribution in [1.82, 2.24) is 15.5 Å². The van der Waals surface area contributed by atoms with Gasteiger partial charge in [-0.05, 0) is 43.6 Å². The molecule has 0 radical (unpaired) electrons. The number of methoxy groups -OCH3 is 1. The first-order chi connectivity index (χ1) is 13.5. The molecule has 1 saturated heterocycles. The summed E-state index contributed by atoms with van der Waals surface area (Å²) >= 11 is 0. The summed E-state index contributed by atoms with van der Waals surface area (Å²) in [4.78, 5) is 6.74. The molecule has 0 saturated carbocycles. The highest BCUT2D eigenvalue weighted by Crippen LogP contribution is 2.25. The molecule has 1 heterocycles. The lowest BCUT2D eigenvalue weighted by Gasteiger charge is -2.35. The Labute approximate surface area is 192 Å². The van der Waals surface area contributed by atoms with Crippen molar-refractivity contribution < 1.29 is 13.2 Å². The molecular formula is C20H35IN4O3S. The van der Waals surface area contributed by atoms with Gasteiger partial charge in [-0.2, -0.15) is 0 Å².